The van der Waals surface area contributed by atoms with E-state index in [-0.39, 0.29) is 6.04 Å². The first-order valence-electron chi connectivity index (χ1n) is 6.76. The van der Waals surface area contributed by atoms with E-state index >= 15 is 0 Å². The summed E-state index contributed by atoms with van der Waals surface area (Å²) in [5.41, 5.74) is 7.28. The zero-order valence-corrected chi connectivity index (χ0v) is 11.5. The Kier molecular flexibility index (Phi) is 4.00. The van der Waals surface area contributed by atoms with Gasteiger partial charge in [-0.3, -0.25) is 5.84 Å². The molecule has 1 heterocycles. The van der Waals surface area contributed by atoms with Gasteiger partial charge in [-0.25, -0.2) is 5.43 Å². The van der Waals surface area contributed by atoms with Crippen molar-refractivity contribution in [2.75, 3.05) is 0 Å². The molecular weight excluding hydrogens is 260 g/mol. The number of hydrogen-bond acceptors (Lipinski definition) is 4. The van der Waals surface area contributed by atoms with Crippen molar-refractivity contribution >= 4 is 0 Å². The molecule has 0 radical (unpaired) electrons. The highest BCUT2D eigenvalue weighted by Gasteiger charge is 2.12. The van der Waals surface area contributed by atoms with Gasteiger partial charge in [0.2, 0.25) is 0 Å². The van der Waals surface area contributed by atoms with Gasteiger partial charge in [-0.05, 0) is 28.3 Å². The molecule has 0 spiro atoms. The van der Waals surface area contributed by atoms with Gasteiger partial charge in [-0.1, -0.05) is 54.6 Å². The Labute approximate surface area is 123 Å². The fourth-order valence-electron chi connectivity index (χ4n) is 2.36. The second-order valence-corrected chi connectivity index (χ2v) is 4.76. The molecule has 4 heteroatoms. The van der Waals surface area contributed by atoms with Gasteiger partial charge in [0.25, 0.3) is 0 Å². The summed E-state index contributed by atoms with van der Waals surface area (Å²) in [4.78, 5) is 0. The Hall–Kier alpha value is -2.56. The lowest BCUT2D eigenvalue weighted by Gasteiger charge is -2.16. The SMILES string of the molecule is NNC(c1ccc(-c2ccccc2)cc1)c1ccnnc1. The standard InChI is InChI=1S/C17H16N4/c18-21-17(16-10-11-19-20-12-16)15-8-6-14(7-9-15)13-4-2-1-3-5-13/h1-12,17,21H,18H2. The van der Waals surface area contributed by atoms with Gasteiger partial charge >= 0.3 is 0 Å². The van der Waals surface area contributed by atoms with Crippen LogP contribution in [-0.2, 0) is 0 Å². The number of hydrazine groups is 1. The number of hydrogen-bond donors (Lipinski definition) is 2. The minimum absolute atomic E-state index is 0.0923. The average Bonchev–Trinajstić information content (AvgIpc) is 2.58. The molecule has 0 fully saturated rings. The van der Waals surface area contributed by atoms with Gasteiger partial charge in [-0.15, -0.1) is 0 Å². The van der Waals surface area contributed by atoms with Gasteiger partial charge in [-0.2, -0.15) is 10.2 Å². The lowest BCUT2D eigenvalue weighted by molar-refractivity contribution is 0.632. The molecule has 0 saturated heterocycles. The van der Waals surface area contributed by atoms with Gasteiger partial charge in [0.05, 0.1) is 12.2 Å². The Morgan fingerprint density at radius 1 is 0.762 bits per heavy atom. The van der Waals surface area contributed by atoms with Crippen molar-refractivity contribution < 1.29 is 0 Å². The van der Waals surface area contributed by atoms with Crippen LogP contribution in [0.2, 0.25) is 0 Å². The van der Waals surface area contributed by atoms with E-state index in [4.69, 9.17) is 5.84 Å². The van der Waals surface area contributed by atoms with Gasteiger partial charge in [0.15, 0.2) is 0 Å². The van der Waals surface area contributed by atoms with Crippen molar-refractivity contribution in [2.45, 2.75) is 6.04 Å². The fourth-order valence-corrected chi connectivity index (χ4v) is 2.36. The van der Waals surface area contributed by atoms with E-state index in [9.17, 15) is 0 Å². The van der Waals surface area contributed by atoms with Crippen molar-refractivity contribution in [2.24, 2.45) is 5.84 Å². The van der Waals surface area contributed by atoms with Crippen molar-refractivity contribution in [1.82, 2.24) is 15.6 Å². The Balaban J connectivity index is 1.90. The minimum Gasteiger partial charge on any atom is -0.271 e. The molecule has 0 saturated carbocycles. The summed E-state index contributed by atoms with van der Waals surface area (Å²) in [6.45, 7) is 0. The van der Waals surface area contributed by atoms with Gasteiger partial charge in [0, 0.05) is 6.20 Å². The van der Waals surface area contributed by atoms with Gasteiger partial charge < -0.3 is 0 Å². The molecule has 0 aliphatic carbocycles. The normalized spacial score (nSPS) is 12.0. The van der Waals surface area contributed by atoms with Crippen molar-refractivity contribution in [1.29, 1.82) is 0 Å². The first kappa shape index (κ1) is 13.4. The zero-order chi connectivity index (χ0) is 14.5. The Morgan fingerprint density at radius 3 is 2.10 bits per heavy atom. The topological polar surface area (TPSA) is 63.8 Å². The Morgan fingerprint density at radius 2 is 1.48 bits per heavy atom. The van der Waals surface area contributed by atoms with E-state index in [1.54, 1.807) is 12.4 Å². The van der Waals surface area contributed by atoms with Crippen LogP contribution in [0, 0.1) is 0 Å². The van der Waals surface area contributed by atoms with Crippen molar-refractivity contribution in [3.05, 3.63) is 84.2 Å². The Bertz CT molecular complexity index is 681. The molecular formula is C17H16N4. The third kappa shape index (κ3) is 2.97. The van der Waals surface area contributed by atoms with Crippen molar-refractivity contribution in [3.63, 3.8) is 0 Å². The maximum atomic E-state index is 5.69. The first-order valence-corrected chi connectivity index (χ1v) is 6.76. The molecule has 104 valence electrons. The van der Waals surface area contributed by atoms with Crippen LogP contribution in [0.4, 0.5) is 0 Å². The molecule has 21 heavy (non-hydrogen) atoms. The molecule has 4 nitrogen and oxygen atoms in total. The largest absolute Gasteiger partial charge is 0.271 e. The average molecular weight is 276 g/mol. The number of nitrogens with one attached hydrogen (secondary N) is 1. The molecule has 2 aromatic carbocycles. The van der Waals surface area contributed by atoms with Crippen LogP contribution in [-0.4, -0.2) is 10.2 Å². The first-order chi connectivity index (χ1) is 10.4. The molecule has 3 N–H and O–H groups in total. The lowest BCUT2D eigenvalue weighted by Crippen LogP contribution is -2.28. The molecule has 0 aliphatic heterocycles. The maximum Gasteiger partial charge on any atom is 0.0726 e. The summed E-state index contributed by atoms with van der Waals surface area (Å²) in [5, 5.41) is 7.69. The smallest absolute Gasteiger partial charge is 0.0726 e. The summed E-state index contributed by atoms with van der Waals surface area (Å²) in [6.07, 6.45) is 3.38. The summed E-state index contributed by atoms with van der Waals surface area (Å²) >= 11 is 0. The van der Waals surface area contributed by atoms with E-state index in [0.717, 1.165) is 11.1 Å². The molecule has 0 aliphatic rings. The summed E-state index contributed by atoms with van der Waals surface area (Å²) in [5.74, 6) is 5.69. The third-order valence-corrected chi connectivity index (χ3v) is 3.46. The molecule has 3 aromatic rings. The van der Waals surface area contributed by atoms with Gasteiger partial charge in [0.1, 0.15) is 0 Å². The quantitative estimate of drug-likeness (QED) is 0.568. The van der Waals surface area contributed by atoms with E-state index in [2.05, 4.69) is 52.0 Å². The highest BCUT2D eigenvalue weighted by Crippen LogP contribution is 2.24. The lowest BCUT2D eigenvalue weighted by atomic mass is 9.98. The number of benzene rings is 2. The highest BCUT2D eigenvalue weighted by atomic mass is 15.2. The number of rotatable bonds is 4. The highest BCUT2D eigenvalue weighted by molar-refractivity contribution is 5.63. The number of nitrogens with two attached hydrogens (primary N) is 1. The van der Waals surface area contributed by atoms with Crippen LogP contribution >= 0.6 is 0 Å². The number of aromatic nitrogens is 2. The molecule has 1 unspecified atom stereocenters. The van der Waals surface area contributed by atoms with Crippen LogP contribution in [0.1, 0.15) is 17.2 Å². The fraction of sp³-hybridized carbons (Fsp3) is 0.0588. The monoisotopic (exact) mass is 276 g/mol. The molecule has 1 atom stereocenters. The van der Waals surface area contributed by atoms with Crippen LogP contribution in [0.25, 0.3) is 11.1 Å². The summed E-state index contributed by atoms with van der Waals surface area (Å²) in [6, 6.07) is 20.5. The zero-order valence-electron chi connectivity index (χ0n) is 11.5. The van der Waals surface area contributed by atoms with Crippen LogP contribution < -0.4 is 11.3 Å². The summed E-state index contributed by atoms with van der Waals surface area (Å²) in [7, 11) is 0. The number of nitrogens with zero attached hydrogens (tertiary/aromatic N) is 2. The van der Waals surface area contributed by atoms with E-state index in [1.807, 2.05) is 24.3 Å². The minimum atomic E-state index is -0.0923. The van der Waals surface area contributed by atoms with E-state index in [1.165, 1.54) is 11.1 Å². The van der Waals surface area contributed by atoms with E-state index < -0.39 is 0 Å². The third-order valence-electron chi connectivity index (χ3n) is 3.46. The van der Waals surface area contributed by atoms with E-state index in [0.29, 0.717) is 0 Å². The summed E-state index contributed by atoms with van der Waals surface area (Å²) < 4.78 is 0. The van der Waals surface area contributed by atoms with Crippen LogP contribution in [0.3, 0.4) is 0 Å². The second-order valence-electron chi connectivity index (χ2n) is 4.76. The predicted octanol–water partition coefficient (Wildman–Crippen LogP) is 2.70. The molecule has 0 bridgehead atoms. The van der Waals surface area contributed by atoms with Crippen LogP contribution in [0.5, 0.6) is 0 Å². The predicted molar refractivity (Wildman–Crippen MR) is 83.1 cm³/mol. The van der Waals surface area contributed by atoms with Crippen LogP contribution in [0.15, 0.2) is 73.1 Å². The molecule has 0 amide bonds. The molecule has 1 aromatic heterocycles. The second kappa shape index (κ2) is 6.26. The maximum absolute atomic E-state index is 5.69. The van der Waals surface area contributed by atoms with Crippen molar-refractivity contribution in [3.8, 4) is 11.1 Å². The molecule has 3 rings (SSSR count).